The van der Waals surface area contributed by atoms with E-state index >= 15 is 0 Å². The zero-order valence-electron chi connectivity index (χ0n) is 17.2. The summed E-state index contributed by atoms with van der Waals surface area (Å²) in [7, 11) is 1.90. The average Bonchev–Trinajstić information content (AvgIpc) is 3.19. The summed E-state index contributed by atoms with van der Waals surface area (Å²) in [4.78, 5) is 21.3. The number of hydrogen-bond acceptors (Lipinski definition) is 4. The highest BCUT2D eigenvalue weighted by molar-refractivity contribution is 5.81. The van der Waals surface area contributed by atoms with Crippen LogP contribution in [0.25, 0.3) is 0 Å². The Balaban J connectivity index is 1.15. The third kappa shape index (κ3) is 3.30. The van der Waals surface area contributed by atoms with Gasteiger partial charge in [-0.05, 0) is 32.1 Å². The van der Waals surface area contributed by atoms with Gasteiger partial charge in [0, 0.05) is 63.3 Å². The molecule has 3 atom stereocenters. The molecule has 3 unspecified atom stereocenters. The van der Waals surface area contributed by atoms with Crippen molar-refractivity contribution >= 4 is 11.9 Å². The van der Waals surface area contributed by atoms with Crippen molar-refractivity contribution in [1.29, 1.82) is 0 Å². The number of carbonyl (C=O) groups is 1. The van der Waals surface area contributed by atoms with Gasteiger partial charge in [0.05, 0.1) is 12.6 Å². The monoisotopic (exact) mass is 389 g/mol. The molecule has 5 fully saturated rings. The van der Waals surface area contributed by atoms with Crippen LogP contribution in [0.15, 0.2) is 4.99 Å². The smallest absolute Gasteiger partial charge is 0.234 e. The molecule has 2 aliphatic heterocycles. The van der Waals surface area contributed by atoms with Gasteiger partial charge in [-0.15, -0.1) is 0 Å². The third-order valence-corrected chi connectivity index (χ3v) is 7.76. The molecule has 0 aromatic rings. The van der Waals surface area contributed by atoms with Crippen molar-refractivity contribution in [3.63, 3.8) is 0 Å². The molecule has 0 aromatic heterocycles. The summed E-state index contributed by atoms with van der Waals surface area (Å²) < 4.78 is 6.13. The van der Waals surface area contributed by atoms with Crippen LogP contribution in [0.4, 0.5) is 0 Å². The molecule has 0 radical (unpaired) electrons. The van der Waals surface area contributed by atoms with E-state index in [9.17, 15) is 4.79 Å². The molecule has 7 heteroatoms. The van der Waals surface area contributed by atoms with Crippen molar-refractivity contribution in [3.05, 3.63) is 0 Å². The topological polar surface area (TPSA) is 69.2 Å². The number of guanidine groups is 1. The van der Waals surface area contributed by atoms with E-state index in [2.05, 4.69) is 25.4 Å². The molecule has 3 aliphatic carbocycles. The van der Waals surface area contributed by atoms with Crippen LogP contribution in [0.5, 0.6) is 0 Å². The van der Waals surface area contributed by atoms with Crippen molar-refractivity contribution in [2.24, 2.45) is 16.3 Å². The first-order chi connectivity index (χ1) is 13.7. The Morgan fingerprint density at radius 3 is 2.54 bits per heavy atom. The molecular formula is C21H35N5O2. The number of amides is 1. The van der Waals surface area contributed by atoms with Gasteiger partial charge in [0.2, 0.25) is 5.91 Å². The summed E-state index contributed by atoms with van der Waals surface area (Å²) in [6.07, 6.45) is 9.24. The van der Waals surface area contributed by atoms with Gasteiger partial charge in [0.15, 0.2) is 5.96 Å². The van der Waals surface area contributed by atoms with Crippen LogP contribution in [-0.2, 0) is 9.53 Å². The van der Waals surface area contributed by atoms with E-state index in [4.69, 9.17) is 4.74 Å². The van der Waals surface area contributed by atoms with Gasteiger partial charge in [0.25, 0.3) is 0 Å². The van der Waals surface area contributed by atoms with Crippen molar-refractivity contribution < 1.29 is 9.53 Å². The number of ether oxygens (including phenoxy) is 1. The molecule has 3 saturated carbocycles. The lowest BCUT2D eigenvalue weighted by Crippen LogP contribution is -2.70. The minimum absolute atomic E-state index is 0.184. The van der Waals surface area contributed by atoms with Gasteiger partial charge >= 0.3 is 0 Å². The highest BCUT2D eigenvalue weighted by atomic mass is 16.5. The summed E-state index contributed by atoms with van der Waals surface area (Å²) in [6, 6.07) is 0.967. The molecule has 2 N–H and O–H groups in total. The van der Waals surface area contributed by atoms with Crippen LogP contribution in [0.1, 0.15) is 44.9 Å². The summed E-state index contributed by atoms with van der Waals surface area (Å²) >= 11 is 0. The molecule has 0 aromatic carbocycles. The maximum absolute atomic E-state index is 12.1. The van der Waals surface area contributed by atoms with Gasteiger partial charge in [-0.1, -0.05) is 12.8 Å². The molecule has 2 heterocycles. The Morgan fingerprint density at radius 1 is 1.11 bits per heavy atom. The normalized spacial score (nSPS) is 35.0. The molecule has 7 nitrogen and oxygen atoms in total. The Hall–Kier alpha value is -1.34. The molecular weight excluding hydrogens is 354 g/mol. The summed E-state index contributed by atoms with van der Waals surface area (Å²) in [6.45, 7) is 5.16. The lowest BCUT2D eigenvalue weighted by atomic mass is 9.54. The average molecular weight is 390 g/mol. The van der Waals surface area contributed by atoms with E-state index in [0.717, 1.165) is 51.6 Å². The van der Waals surface area contributed by atoms with Crippen LogP contribution >= 0.6 is 0 Å². The SMILES string of the molecule is CN=C(NC1C2CCOC2C12CCCC2)N1CCN(CC(=O)NC2CC2)CC1. The van der Waals surface area contributed by atoms with Crippen molar-refractivity contribution in [3.8, 4) is 0 Å². The fourth-order valence-electron chi connectivity index (χ4n) is 6.16. The zero-order chi connectivity index (χ0) is 19.1. The van der Waals surface area contributed by atoms with Crippen LogP contribution in [-0.4, -0.2) is 86.2 Å². The van der Waals surface area contributed by atoms with Crippen LogP contribution in [0.2, 0.25) is 0 Å². The predicted octanol–water partition coefficient (Wildman–Crippen LogP) is 0.806. The second-order valence-electron chi connectivity index (χ2n) is 9.46. The molecule has 156 valence electrons. The van der Waals surface area contributed by atoms with E-state index < -0.39 is 0 Å². The van der Waals surface area contributed by atoms with E-state index in [1.165, 1.54) is 32.1 Å². The van der Waals surface area contributed by atoms with Crippen LogP contribution in [0, 0.1) is 11.3 Å². The number of carbonyl (C=O) groups excluding carboxylic acids is 1. The Morgan fingerprint density at radius 2 is 1.86 bits per heavy atom. The highest BCUT2D eigenvalue weighted by Gasteiger charge is 2.65. The lowest BCUT2D eigenvalue weighted by Gasteiger charge is -2.57. The predicted molar refractivity (Wildman–Crippen MR) is 108 cm³/mol. The zero-order valence-corrected chi connectivity index (χ0v) is 17.2. The Bertz CT molecular complexity index is 620. The quantitative estimate of drug-likeness (QED) is 0.550. The number of fused-ring (bicyclic) bond motifs is 2. The van der Waals surface area contributed by atoms with Gasteiger partial charge in [-0.2, -0.15) is 0 Å². The van der Waals surface area contributed by atoms with Crippen molar-refractivity contribution in [2.75, 3.05) is 46.4 Å². The van der Waals surface area contributed by atoms with Crippen molar-refractivity contribution in [1.82, 2.24) is 20.4 Å². The first kappa shape index (κ1) is 18.7. The first-order valence-corrected chi connectivity index (χ1v) is 11.3. The largest absolute Gasteiger partial charge is 0.377 e. The van der Waals surface area contributed by atoms with E-state index in [-0.39, 0.29) is 5.91 Å². The van der Waals surface area contributed by atoms with E-state index in [0.29, 0.717) is 36.1 Å². The second-order valence-corrected chi connectivity index (χ2v) is 9.46. The number of nitrogens with one attached hydrogen (secondary N) is 2. The van der Waals surface area contributed by atoms with Gasteiger partial charge in [-0.3, -0.25) is 14.7 Å². The minimum Gasteiger partial charge on any atom is -0.377 e. The molecule has 28 heavy (non-hydrogen) atoms. The fourth-order valence-corrected chi connectivity index (χ4v) is 6.16. The summed E-state index contributed by atoms with van der Waals surface area (Å²) in [5, 5.41) is 6.96. The molecule has 1 amide bonds. The summed E-state index contributed by atoms with van der Waals surface area (Å²) in [5.41, 5.74) is 0.347. The molecule has 1 spiro atoms. The highest BCUT2D eigenvalue weighted by Crippen LogP contribution is 2.60. The standard InChI is InChI=1S/C21H35N5O2/c1-22-20(24-18-16-6-13-28-19(16)21(18)7-2-3-8-21)26-11-9-25(10-12-26)14-17(27)23-15-4-5-15/h15-16,18-19H,2-14H2,1H3,(H,22,24)(H,23,27). The summed E-state index contributed by atoms with van der Waals surface area (Å²) in [5.74, 6) is 1.88. The molecule has 2 saturated heterocycles. The Labute approximate surface area is 168 Å². The Kier molecular flexibility index (Phi) is 4.99. The molecule has 5 rings (SSSR count). The van der Waals surface area contributed by atoms with Gasteiger partial charge in [0.1, 0.15) is 0 Å². The fraction of sp³-hybridized carbons (Fsp3) is 0.905. The van der Waals surface area contributed by atoms with Crippen LogP contribution < -0.4 is 10.6 Å². The van der Waals surface area contributed by atoms with Crippen LogP contribution in [0.3, 0.4) is 0 Å². The number of rotatable bonds is 4. The van der Waals surface area contributed by atoms with E-state index in [1.54, 1.807) is 0 Å². The van der Waals surface area contributed by atoms with Crippen molar-refractivity contribution in [2.45, 2.75) is 63.1 Å². The third-order valence-electron chi connectivity index (χ3n) is 7.76. The molecule has 0 bridgehead atoms. The second kappa shape index (κ2) is 7.48. The maximum Gasteiger partial charge on any atom is 0.234 e. The minimum atomic E-state index is 0.184. The number of aliphatic imine (C=N–C) groups is 1. The van der Waals surface area contributed by atoms with E-state index in [1.807, 2.05) is 7.05 Å². The van der Waals surface area contributed by atoms with Gasteiger partial charge in [-0.25, -0.2) is 0 Å². The number of nitrogens with zero attached hydrogens (tertiary/aromatic N) is 3. The lowest BCUT2D eigenvalue weighted by molar-refractivity contribution is -0.125. The number of hydrogen-bond donors (Lipinski definition) is 2. The maximum atomic E-state index is 12.1. The number of piperazine rings is 1. The first-order valence-electron chi connectivity index (χ1n) is 11.3. The van der Waals surface area contributed by atoms with Gasteiger partial charge < -0.3 is 20.3 Å². The molecule has 5 aliphatic rings.